The Bertz CT molecular complexity index is 1010. The molecule has 2 aromatic rings. The molecule has 1 fully saturated rings. The van der Waals surface area contributed by atoms with Crippen molar-refractivity contribution in [1.29, 1.82) is 0 Å². The van der Waals surface area contributed by atoms with Crippen molar-refractivity contribution < 1.29 is 14.3 Å². The van der Waals surface area contributed by atoms with E-state index in [0.29, 0.717) is 30.1 Å². The van der Waals surface area contributed by atoms with E-state index in [1.807, 2.05) is 0 Å². The number of hydrogen-bond acceptors (Lipinski definition) is 10. The quantitative estimate of drug-likeness (QED) is 0.168. The predicted molar refractivity (Wildman–Crippen MR) is 130 cm³/mol. The minimum Gasteiger partial charge on any atom is -0.423 e. The number of para-hydroxylation sites is 1. The monoisotopic (exact) mass is 468 g/mol. The van der Waals surface area contributed by atoms with E-state index in [-0.39, 0.29) is 30.1 Å². The first-order valence-electron chi connectivity index (χ1n) is 11.4. The summed E-state index contributed by atoms with van der Waals surface area (Å²) < 4.78 is 5.50. The summed E-state index contributed by atoms with van der Waals surface area (Å²) in [6.45, 7) is 2.61. The Morgan fingerprint density at radius 1 is 1.09 bits per heavy atom. The zero-order valence-electron chi connectivity index (χ0n) is 19.2. The molecule has 0 bridgehead atoms. The average molecular weight is 469 g/mol. The lowest BCUT2D eigenvalue weighted by atomic mass is 10.1. The number of benzene rings is 1. The molecular formula is C23H32N8O3. The number of unbranched alkanes of at least 4 members (excludes halogenated alkanes) is 1. The molecule has 7 N–H and O–H groups in total. The molecule has 1 aromatic heterocycles. The molecular weight excluding hydrogens is 436 g/mol. The molecule has 2 heterocycles. The number of carbonyl (C=O) groups is 2. The summed E-state index contributed by atoms with van der Waals surface area (Å²) in [6, 6.07) is 9.37. The van der Waals surface area contributed by atoms with Gasteiger partial charge in [-0.3, -0.25) is 14.5 Å². The van der Waals surface area contributed by atoms with Crippen molar-refractivity contribution in [2.75, 3.05) is 37.2 Å². The van der Waals surface area contributed by atoms with Gasteiger partial charge < -0.3 is 27.3 Å². The van der Waals surface area contributed by atoms with Gasteiger partial charge in [-0.1, -0.05) is 18.6 Å². The number of hydrogen-bond donors (Lipinski definition) is 4. The molecule has 0 aliphatic carbocycles. The van der Waals surface area contributed by atoms with Crippen molar-refractivity contribution in [3.8, 4) is 5.75 Å². The van der Waals surface area contributed by atoms with Crippen LogP contribution in [0.15, 0.2) is 46.6 Å². The number of anilines is 2. The van der Waals surface area contributed by atoms with Gasteiger partial charge in [0.05, 0.1) is 12.6 Å². The van der Waals surface area contributed by atoms with Gasteiger partial charge in [-0.2, -0.15) is 0 Å². The number of carbonyl (C=O) groups excluding carboxylic acids is 2. The Balaban J connectivity index is 1.61. The minimum atomic E-state index is -0.654. The smallest absolute Gasteiger partial charge is 0.325 e. The zero-order chi connectivity index (χ0) is 24.3. The fourth-order valence-electron chi connectivity index (χ4n) is 3.49. The Hall–Kier alpha value is -3.41. The second kappa shape index (κ2) is 12.7. The molecule has 3 rings (SSSR count). The van der Waals surface area contributed by atoms with E-state index < -0.39 is 6.04 Å². The molecule has 1 amide bonds. The SMILES string of the molecule is NCCCC[C@H](N)C(=O)Nc1ccc(/N=N/c2ccccc2OC(=O)CN2CCCC2)c(N)n1. The normalized spacial score (nSPS) is 14.9. The molecule has 1 saturated heterocycles. The number of nitrogens with zero attached hydrogens (tertiary/aromatic N) is 4. The summed E-state index contributed by atoms with van der Waals surface area (Å²) in [6.07, 6.45) is 4.31. The second-order valence-corrected chi connectivity index (χ2v) is 8.11. The lowest BCUT2D eigenvalue weighted by molar-refractivity contribution is -0.135. The maximum atomic E-state index is 12.3. The van der Waals surface area contributed by atoms with E-state index in [2.05, 4.69) is 25.4 Å². The number of rotatable bonds is 11. The van der Waals surface area contributed by atoms with Crippen LogP contribution in [0, 0.1) is 0 Å². The van der Waals surface area contributed by atoms with Crippen LogP contribution in [0.3, 0.4) is 0 Å². The lowest BCUT2D eigenvalue weighted by Crippen LogP contribution is -2.35. The maximum Gasteiger partial charge on any atom is 0.325 e. The predicted octanol–water partition coefficient (Wildman–Crippen LogP) is 2.48. The molecule has 1 aromatic carbocycles. The zero-order valence-corrected chi connectivity index (χ0v) is 19.2. The Morgan fingerprint density at radius 2 is 1.82 bits per heavy atom. The van der Waals surface area contributed by atoms with Gasteiger partial charge in [-0.25, -0.2) is 4.98 Å². The summed E-state index contributed by atoms with van der Waals surface area (Å²) in [5.41, 5.74) is 18.0. The van der Waals surface area contributed by atoms with Crippen LogP contribution in [0.2, 0.25) is 0 Å². The molecule has 182 valence electrons. The summed E-state index contributed by atoms with van der Waals surface area (Å²) in [5, 5.41) is 11.0. The van der Waals surface area contributed by atoms with E-state index in [0.717, 1.165) is 38.8 Å². The molecule has 11 heteroatoms. The first-order valence-corrected chi connectivity index (χ1v) is 11.4. The number of amides is 1. The number of esters is 1. The summed E-state index contributed by atoms with van der Waals surface area (Å²) in [4.78, 5) is 30.7. The minimum absolute atomic E-state index is 0.0850. The molecule has 0 spiro atoms. The number of ether oxygens (including phenoxy) is 1. The molecule has 1 aliphatic heterocycles. The highest BCUT2D eigenvalue weighted by atomic mass is 16.5. The molecule has 0 saturated carbocycles. The van der Waals surface area contributed by atoms with Crippen molar-refractivity contribution >= 4 is 34.9 Å². The molecule has 11 nitrogen and oxygen atoms in total. The number of nitrogen functional groups attached to an aromatic ring is 1. The number of nitrogens with two attached hydrogens (primary N) is 3. The average Bonchev–Trinajstić information content (AvgIpc) is 3.32. The van der Waals surface area contributed by atoms with Crippen LogP contribution in [0.25, 0.3) is 0 Å². The second-order valence-electron chi connectivity index (χ2n) is 8.11. The van der Waals surface area contributed by atoms with Crippen LogP contribution in [0.5, 0.6) is 5.75 Å². The van der Waals surface area contributed by atoms with Gasteiger partial charge in [0.1, 0.15) is 17.2 Å². The van der Waals surface area contributed by atoms with Crippen LogP contribution < -0.4 is 27.3 Å². The van der Waals surface area contributed by atoms with Gasteiger partial charge in [-0.05, 0) is 69.6 Å². The van der Waals surface area contributed by atoms with Crippen molar-refractivity contribution in [3.63, 3.8) is 0 Å². The number of aromatic nitrogens is 1. The number of azo groups is 1. The summed E-state index contributed by atoms with van der Waals surface area (Å²) >= 11 is 0. The maximum absolute atomic E-state index is 12.3. The molecule has 0 unspecified atom stereocenters. The number of likely N-dealkylation sites (tertiary alicyclic amines) is 1. The van der Waals surface area contributed by atoms with E-state index >= 15 is 0 Å². The van der Waals surface area contributed by atoms with Crippen molar-refractivity contribution in [1.82, 2.24) is 9.88 Å². The summed E-state index contributed by atoms with van der Waals surface area (Å²) in [7, 11) is 0. The van der Waals surface area contributed by atoms with Crippen LogP contribution in [-0.4, -0.2) is 54.0 Å². The Kier molecular flexibility index (Phi) is 9.44. The largest absolute Gasteiger partial charge is 0.423 e. The van der Waals surface area contributed by atoms with E-state index in [4.69, 9.17) is 21.9 Å². The van der Waals surface area contributed by atoms with Gasteiger partial charge >= 0.3 is 5.97 Å². The fraction of sp³-hybridized carbons (Fsp3) is 0.435. The number of pyridine rings is 1. The third kappa shape index (κ3) is 7.58. The Labute approximate surface area is 198 Å². The highest BCUT2D eigenvalue weighted by Gasteiger charge is 2.18. The third-order valence-electron chi connectivity index (χ3n) is 5.37. The number of nitrogens with one attached hydrogen (secondary N) is 1. The van der Waals surface area contributed by atoms with E-state index in [1.165, 1.54) is 0 Å². The highest BCUT2D eigenvalue weighted by Crippen LogP contribution is 2.30. The first-order chi connectivity index (χ1) is 16.5. The van der Waals surface area contributed by atoms with Gasteiger partial charge in [-0.15, -0.1) is 10.2 Å². The molecule has 34 heavy (non-hydrogen) atoms. The van der Waals surface area contributed by atoms with Crippen LogP contribution in [-0.2, 0) is 9.59 Å². The van der Waals surface area contributed by atoms with Crippen molar-refractivity contribution in [2.45, 2.75) is 38.1 Å². The Morgan fingerprint density at radius 3 is 2.56 bits per heavy atom. The van der Waals surface area contributed by atoms with Gasteiger partial charge in [0.15, 0.2) is 11.6 Å². The molecule has 1 aliphatic rings. The first kappa shape index (κ1) is 25.2. The van der Waals surface area contributed by atoms with Crippen molar-refractivity contribution in [3.05, 3.63) is 36.4 Å². The molecule has 0 radical (unpaired) electrons. The van der Waals surface area contributed by atoms with Crippen LogP contribution >= 0.6 is 0 Å². The highest BCUT2D eigenvalue weighted by molar-refractivity contribution is 5.94. The fourth-order valence-corrected chi connectivity index (χ4v) is 3.49. The summed E-state index contributed by atoms with van der Waals surface area (Å²) in [5.74, 6) is -0.0155. The topological polar surface area (TPSA) is 174 Å². The van der Waals surface area contributed by atoms with Gasteiger partial charge in [0, 0.05) is 0 Å². The lowest BCUT2D eigenvalue weighted by Gasteiger charge is -2.13. The van der Waals surface area contributed by atoms with Gasteiger partial charge in [0.25, 0.3) is 0 Å². The van der Waals surface area contributed by atoms with E-state index in [9.17, 15) is 9.59 Å². The standard InChI is InChI=1S/C23H32N8O3/c24-12-4-3-7-16(25)23(33)28-20-11-10-18(22(26)27-20)30-29-17-8-1-2-9-19(17)34-21(32)15-31-13-5-6-14-31/h1-2,8-11,16H,3-7,12-15,24-25H2,(H3,26,27,28,33)/b30-29+/t16-/m0/s1. The van der Waals surface area contributed by atoms with Crippen LogP contribution in [0.1, 0.15) is 32.1 Å². The van der Waals surface area contributed by atoms with Crippen LogP contribution in [0.4, 0.5) is 23.0 Å². The van der Waals surface area contributed by atoms with Crippen molar-refractivity contribution in [2.24, 2.45) is 21.7 Å². The third-order valence-corrected chi connectivity index (χ3v) is 5.37. The van der Waals surface area contributed by atoms with E-state index in [1.54, 1.807) is 36.4 Å². The van der Waals surface area contributed by atoms with Gasteiger partial charge in [0.2, 0.25) is 5.91 Å². The molecule has 1 atom stereocenters.